The zero-order chi connectivity index (χ0) is 10.1. The van der Waals surface area contributed by atoms with E-state index in [1.165, 1.54) is 0 Å². The van der Waals surface area contributed by atoms with Gasteiger partial charge in [-0.2, -0.15) is 18.0 Å². The highest BCUT2D eigenvalue weighted by Crippen LogP contribution is 2.15. The molecule has 2 N–H and O–H groups in total. The Labute approximate surface area is 69.5 Å². The first-order valence-corrected chi connectivity index (χ1v) is 3.03. The zero-order valence-electron chi connectivity index (χ0n) is 6.12. The lowest BCUT2D eigenvalue weighted by Crippen LogP contribution is -2.20. The first-order valence-electron chi connectivity index (χ1n) is 3.03. The van der Waals surface area contributed by atoms with E-state index in [1.54, 1.807) is 0 Å². The Kier molecular flexibility index (Phi) is 2.17. The number of tetrazole rings is 1. The SMILES string of the molecule is NC(=O)c1nnn(CC(F)(F)F)n1. The molecule has 1 aromatic heterocycles. The minimum atomic E-state index is -4.45. The molecule has 0 aromatic carbocycles. The summed E-state index contributed by atoms with van der Waals surface area (Å²) in [5.41, 5.74) is 4.69. The molecule has 1 amide bonds. The van der Waals surface area contributed by atoms with Crippen molar-refractivity contribution in [2.24, 2.45) is 5.73 Å². The van der Waals surface area contributed by atoms with Crippen molar-refractivity contribution in [2.45, 2.75) is 12.7 Å². The summed E-state index contributed by atoms with van der Waals surface area (Å²) in [6.45, 7) is -1.40. The summed E-state index contributed by atoms with van der Waals surface area (Å²) in [6.07, 6.45) is -4.45. The number of primary amides is 1. The number of aromatic nitrogens is 4. The first kappa shape index (κ1) is 9.42. The fourth-order valence-electron chi connectivity index (χ4n) is 0.569. The molecule has 0 fully saturated rings. The smallest absolute Gasteiger partial charge is 0.363 e. The average Bonchev–Trinajstić information content (AvgIpc) is 2.31. The van der Waals surface area contributed by atoms with Gasteiger partial charge in [0, 0.05) is 0 Å². The molecule has 13 heavy (non-hydrogen) atoms. The van der Waals surface area contributed by atoms with Crippen LogP contribution >= 0.6 is 0 Å². The summed E-state index contributed by atoms with van der Waals surface area (Å²) in [5, 5.41) is 9.08. The molecule has 0 atom stereocenters. The van der Waals surface area contributed by atoms with Gasteiger partial charge >= 0.3 is 6.18 Å². The minimum Gasteiger partial charge on any atom is -0.363 e. The largest absolute Gasteiger partial charge is 0.409 e. The maximum Gasteiger partial charge on any atom is 0.409 e. The van der Waals surface area contributed by atoms with Crippen LogP contribution in [0, 0.1) is 0 Å². The number of rotatable bonds is 2. The maximum absolute atomic E-state index is 11.7. The summed E-state index contributed by atoms with van der Waals surface area (Å²) < 4.78 is 35.1. The molecule has 6 nitrogen and oxygen atoms in total. The Morgan fingerprint density at radius 2 is 2.15 bits per heavy atom. The van der Waals surface area contributed by atoms with Crippen molar-refractivity contribution in [3.8, 4) is 0 Å². The standard InChI is InChI=1S/C4H4F3N5O/c5-4(6,7)1-12-10-3(2(8)13)9-11-12/h1H2,(H2,8,13). The molecule has 1 aromatic rings. The van der Waals surface area contributed by atoms with E-state index in [4.69, 9.17) is 5.73 Å². The van der Waals surface area contributed by atoms with E-state index in [1.807, 2.05) is 0 Å². The van der Waals surface area contributed by atoms with Crippen LogP contribution in [0.1, 0.15) is 10.6 Å². The third-order valence-corrected chi connectivity index (χ3v) is 0.994. The number of hydrogen-bond donors (Lipinski definition) is 1. The highest BCUT2D eigenvalue weighted by molar-refractivity contribution is 5.88. The van der Waals surface area contributed by atoms with E-state index < -0.39 is 24.5 Å². The van der Waals surface area contributed by atoms with E-state index >= 15 is 0 Å². The van der Waals surface area contributed by atoms with E-state index in [-0.39, 0.29) is 4.80 Å². The molecule has 0 spiro atoms. The lowest BCUT2D eigenvalue weighted by Gasteiger charge is -2.02. The van der Waals surface area contributed by atoms with Crippen molar-refractivity contribution in [2.75, 3.05) is 0 Å². The normalized spacial score (nSPS) is 11.6. The van der Waals surface area contributed by atoms with E-state index in [0.29, 0.717) is 0 Å². The van der Waals surface area contributed by atoms with Gasteiger partial charge in [-0.05, 0) is 5.21 Å². The van der Waals surface area contributed by atoms with Gasteiger partial charge in [-0.15, -0.1) is 10.2 Å². The van der Waals surface area contributed by atoms with Crippen molar-refractivity contribution >= 4 is 5.91 Å². The van der Waals surface area contributed by atoms with E-state index in [2.05, 4.69) is 15.4 Å². The van der Waals surface area contributed by atoms with Gasteiger partial charge < -0.3 is 5.73 Å². The Hall–Kier alpha value is -1.67. The molecular formula is C4H4F3N5O. The number of hydrogen-bond acceptors (Lipinski definition) is 4. The average molecular weight is 195 g/mol. The van der Waals surface area contributed by atoms with Crippen LogP contribution in [0.2, 0.25) is 0 Å². The topological polar surface area (TPSA) is 86.7 Å². The monoisotopic (exact) mass is 195 g/mol. The first-order chi connectivity index (χ1) is 5.88. The number of nitrogens with two attached hydrogens (primary N) is 1. The summed E-state index contributed by atoms with van der Waals surface area (Å²) in [6, 6.07) is 0. The van der Waals surface area contributed by atoms with Crippen molar-refractivity contribution in [3.63, 3.8) is 0 Å². The predicted octanol–water partition coefficient (Wildman–Crippen LogP) is -0.666. The molecule has 0 aliphatic carbocycles. The molecular weight excluding hydrogens is 191 g/mol. The lowest BCUT2D eigenvalue weighted by molar-refractivity contribution is -0.145. The van der Waals surface area contributed by atoms with Crippen molar-refractivity contribution in [3.05, 3.63) is 5.82 Å². The van der Waals surface area contributed by atoms with Crippen LogP contribution in [-0.4, -0.2) is 32.3 Å². The van der Waals surface area contributed by atoms with Gasteiger partial charge in [0.1, 0.15) is 0 Å². The second kappa shape index (κ2) is 2.99. The summed E-state index contributed by atoms with van der Waals surface area (Å²) in [7, 11) is 0. The number of alkyl halides is 3. The highest BCUT2D eigenvalue weighted by Gasteiger charge is 2.29. The van der Waals surface area contributed by atoms with Gasteiger partial charge in [-0.3, -0.25) is 4.79 Å². The second-order valence-electron chi connectivity index (χ2n) is 2.12. The Bertz CT molecular complexity index is 318. The molecule has 0 saturated heterocycles. The molecule has 1 heterocycles. The van der Waals surface area contributed by atoms with Crippen LogP contribution in [0.5, 0.6) is 0 Å². The number of amides is 1. The molecule has 72 valence electrons. The van der Waals surface area contributed by atoms with Gasteiger partial charge in [-0.1, -0.05) is 0 Å². The number of carbonyl (C=O) groups excluding carboxylic acids is 1. The maximum atomic E-state index is 11.7. The fraction of sp³-hybridized carbons (Fsp3) is 0.500. The number of carbonyl (C=O) groups is 1. The fourth-order valence-corrected chi connectivity index (χ4v) is 0.569. The van der Waals surface area contributed by atoms with Gasteiger partial charge in [0.05, 0.1) is 0 Å². The molecule has 9 heteroatoms. The van der Waals surface area contributed by atoms with Crippen LogP contribution in [0.25, 0.3) is 0 Å². The minimum absolute atomic E-state index is 0.250. The van der Waals surface area contributed by atoms with E-state index in [9.17, 15) is 18.0 Å². The Morgan fingerprint density at radius 1 is 1.54 bits per heavy atom. The van der Waals surface area contributed by atoms with Gasteiger partial charge in [0.15, 0.2) is 6.54 Å². The van der Waals surface area contributed by atoms with Crippen LogP contribution < -0.4 is 5.73 Å². The number of halogens is 3. The summed E-state index contributed by atoms with van der Waals surface area (Å²) in [5.74, 6) is -1.56. The lowest BCUT2D eigenvalue weighted by atomic mass is 10.6. The molecule has 1 rings (SSSR count). The van der Waals surface area contributed by atoms with E-state index in [0.717, 1.165) is 0 Å². The van der Waals surface area contributed by atoms with Crippen LogP contribution in [-0.2, 0) is 6.54 Å². The Morgan fingerprint density at radius 3 is 2.54 bits per heavy atom. The number of nitrogens with zero attached hydrogens (tertiary/aromatic N) is 4. The van der Waals surface area contributed by atoms with Gasteiger partial charge in [-0.25, -0.2) is 0 Å². The molecule has 0 saturated carbocycles. The predicted molar refractivity (Wildman–Crippen MR) is 32.4 cm³/mol. The summed E-state index contributed by atoms with van der Waals surface area (Å²) in [4.78, 5) is 10.6. The quantitative estimate of drug-likeness (QED) is 0.678. The van der Waals surface area contributed by atoms with Crippen LogP contribution in [0.4, 0.5) is 13.2 Å². The van der Waals surface area contributed by atoms with Crippen molar-refractivity contribution < 1.29 is 18.0 Å². The van der Waals surface area contributed by atoms with Crippen LogP contribution in [0.15, 0.2) is 0 Å². The van der Waals surface area contributed by atoms with Crippen molar-refractivity contribution in [1.29, 1.82) is 0 Å². The Balaban J connectivity index is 2.75. The second-order valence-corrected chi connectivity index (χ2v) is 2.12. The zero-order valence-corrected chi connectivity index (χ0v) is 6.12. The highest BCUT2D eigenvalue weighted by atomic mass is 19.4. The molecule has 0 radical (unpaired) electrons. The molecule has 0 bridgehead atoms. The van der Waals surface area contributed by atoms with Crippen molar-refractivity contribution in [1.82, 2.24) is 20.2 Å². The van der Waals surface area contributed by atoms with Gasteiger partial charge in [0.2, 0.25) is 0 Å². The third-order valence-electron chi connectivity index (χ3n) is 0.994. The molecule has 0 aliphatic heterocycles. The molecule has 0 aliphatic rings. The third kappa shape index (κ3) is 2.69. The van der Waals surface area contributed by atoms with Crippen LogP contribution in [0.3, 0.4) is 0 Å². The molecule has 0 unspecified atom stereocenters. The summed E-state index contributed by atoms with van der Waals surface area (Å²) >= 11 is 0. The van der Waals surface area contributed by atoms with Gasteiger partial charge in [0.25, 0.3) is 11.7 Å².